The quantitative estimate of drug-likeness (QED) is 0.521. The van der Waals surface area contributed by atoms with Gasteiger partial charge in [0.15, 0.2) is 0 Å². The highest BCUT2D eigenvalue weighted by molar-refractivity contribution is 9.10. The molecule has 2 amide bonds. The number of amides is 2. The van der Waals surface area contributed by atoms with E-state index in [1.807, 2.05) is 4.90 Å². The summed E-state index contributed by atoms with van der Waals surface area (Å²) in [4.78, 5) is 48.2. The third-order valence-corrected chi connectivity index (χ3v) is 5.43. The first kappa shape index (κ1) is 27.6. The molecule has 1 fully saturated rings. The molecule has 0 saturated carbocycles. The number of carbonyl (C=O) groups is 4. The molecular weight excluding hydrogens is 539 g/mol. The number of benzene rings is 2. The maximum Gasteiger partial charge on any atom is 0.490 e. The lowest BCUT2D eigenvalue weighted by atomic mass is 10.1. The number of hydrogen-bond donors (Lipinski definition) is 3. The standard InChI is InChI=1S/C20H20BrN3O4.C2HF3O2/c1-13(25)23-8-10-24(11-9-23)18-7-6-16(12-17(18)20(27)28)22-19(26)14-2-4-15(21)5-3-14;3-2(4,5)1(6)7/h2-7,12H,8-11H2,1H3,(H,22,26)(H,27,28);(H,6,7). The van der Waals surface area contributed by atoms with Crippen LogP contribution in [-0.4, -0.2) is 71.2 Å². The summed E-state index contributed by atoms with van der Waals surface area (Å²) in [6.45, 7) is 3.75. The fraction of sp³-hybridized carbons (Fsp3) is 0.273. The number of rotatable bonds is 4. The molecule has 0 radical (unpaired) electrons. The minimum absolute atomic E-state index is 0.0177. The van der Waals surface area contributed by atoms with Crippen LogP contribution >= 0.6 is 15.9 Å². The van der Waals surface area contributed by atoms with Crippen molar-refractivity contribution in [3.8, 4) is 0 Å². The summed E-state index contributed by atoms with van der Waals surface area (Å²) in [6, 6.07) is 11.7. The van der Waals surface area contributed by atoms with Crippen molar-refractivity contribution in [3.63, 3.8) is 0 Å². The monoisotopic (exact) mass is 559 g/mol. The van der Waals surface area contributed by atoms with Crippen molar-refractivity contribution < 1.29 is 42.6 Å². The van der Waals surface area contributed by atoms with Gasteiger partial charge in [0, 0.05) is 48.8 Å². The molecule has 0 unspecified atom stereocenters. The molecule has 13 heteroatoms. The summed E-state index contributed by atoms with van der Waals surface area (Å²) in [5.74, 6) is -4.12. The Hall–Kier alpha value is -3.61. The van der Waals surface area contributed by atoms with Gasteiger partial charge in [-0.1, -0.05) is 15.9 Å². The number of aliphatic carboxylic acids is 1. The van der Waals surface area contributed by atoms with Crippen molar-refractivity contribution >= 4 is 51.1 Å². The number of carbonyl (C=O) groups excluding carboxylic acids is 2. The Morgan fingerprint density at radius 3 is 1.94 bits per heavy atom. The molecule has 0 bridgehead atoms. The Labute approximate surface area is 206 Å². The van der Waals surface area contributed by atoms with Crippen LogP contribution in [0.5, 0.6) is 0 Å². The fourth-order valence-electron chi connectivity index (χ4n) is 3.13. The topological polar surface area (TPSA) is 127 Å². The van der Waals surface area contributed by atoms with E-state index in [2.05, 4.69) is 21.2 Å². The van der Waals surface area contributed by atoms with Gasteiger partial charge in [-0.3, -0.25) is 9.59 Å². The second-order valence-electron chi connectivity index (χ2n) is 7.29. The zero-order valence-electron chi connectivity index (χ0n) is 18.3. The average Bonchev–Trinajstić information content (AvgIpc) is 2.79. The van der Waals surface area contributed by atoms with E-state index in [1.165, 1.54) is 13.0 Å². The molecule has 35 heavy (non-hydrogen) atoms. The number of aromatic carboxylic acids is 1. The number of alkyl halides is 3. The molecule has 1 aliphatic rings. The Morgan fingerprint density at radius 1 is 0.943 bits per heavy atom. The summed E-state index contributed by atoms with van der Waals surface area (Å²) >= 11 is 3.32. The van der Waals surface area contributed by atoms with Gasteiger partial charge in [-0.05, 0) is 42.5 Å². The molecule has 0 aromatic heterocycles. The van der Waals surface area contributed by atoms with Crippen molar-refractivity contribution in [3.05, 3.63) is 58.1 Å². The van der Waals surface area contributed by atoms with Gasteiger partial charge in [-0.2, -0.15) is 13.2 Å². The van der Waals surface area contributed by atoms with E-state index in [9.17, 15) is 32.7 Å². The predicted molar refractivity (Wildman–Crippen MR) is 124 cm³/mol. The summed E-state index contributed by atoms with van der Waals surface area (Å²) in [5, 5.41) is 19.5. The normalized spacial score (nSPS) is 13.4. The molecule has 1 heterocycles. The molecule has 1 aliphatic heterocycles. The molecule has 9 nitrogen and oxygen atoms in total. The number of hydrogen-bond acceptors (Lipinski definition) is 5. The van der Waals surface area contributed by atoms with Gasteiger partial charge < -0.3 is 25.3 Å². The number of nitrogens with one attached hydrogen (secondary N) is 1. The van der Waals surface area contributed by atoms with Crippen molar-refractivity contribution in [1.29, 1.82) is 0 Å². The fourth-order valence-corrected chi connectivity index (χ4v) is 3.39. The largest absolute Gasteiger partial charge is 0.490 e. The number of anilines is 2. The van der Waals surface area contributed by atoms with Gasteiger partial charge in [0.05, 0.1) is 11.3 Å². The molecule has 3 rings (SSSR count). The van der Waals surface area contributed by atoms with Gasteiger partial charge in [0.25, 0.3) is 5.91 Å². The molecule has 1 saturated heterocycles. The number of piperazine rings is 1. The van der Waals surface area contributed by atoms with Crippen molar-refractivity contribution in [2.24, 2.45) is 0 Å². The van der Waals surface area contributed by atoms with Crippen molar-refractivity contribution in [2.75, 3.05) is 36.4 Å². The summed E-state index contributed by atoms with van der Waals surface area (Å²) in [7, 11) is 0. The van der Waals surface area contributed by atoms with Crippen LogP contribution in [0.3, 0.4) is 0 Å². The Bertz CT molecular complexity index is 1100. The predicted octanol–water partition coefficient (Wildman–Crippen LogP) is 3.70. The van der Waals surface area contributed by atoms with Crippen LogP contribution in [0.4, 0.5) is 24.5 Å². The lowest BCUT2D eigenvalue weighted by Crippen LogP contribution is -2.48. The lowest BCUT2D eigenvalue weighted by molar-refractivity contribution is -0.192. The van der Waals surface area contributed by atoms with Crippen molar-refractivity contribution in [1.82, 2.24) is 4.90 Å². The van der Waals surface area contributed by atoms with Gasteiger partial charge >= 0.3 is 18.1 Å². The van der Waals surface area contributed by atoms with E-state index in [1.54, 1.807) is 41.3 Å². The van der Waals surface area contributed by atoms with Crippen molar-refractivity contribution in [2.45, 2.75) is 13.1 Å². The third-order valence-electron chi connectivity index (χ3n) is 4.90. The molecule has 0 spiro atoms. The van der Waals surface area contributed by atoms with E-state index in [4.69, 9.17) is 9.90 Å². The van der Waals surface area contributed by atoms with E-state index in [0.29, 0.717) is 43.1 Å². The number of nitrogens with zero attached hydrogens (tertiary/aromatic N) is 2. The second-order valence-corrected chi connectivity index (χ2v) is 8.21. The van der Waals surface area contributed by atoms with Crippen LogP contribution in [0.15, 0.2) is 46.9 Å². The summed E-state index contributed by atoms with van der Waals surface area (Å²) in [5.41, 5.74) is 1.59. The van der Waals surface area contributed by atoms with Gasteiger partial charge in [0.2, 0.25) is 5.91 Å². The number of halogens is 4. The van der Waals surface area contributed by atoms with Crippen LogP contribution in [0.25, 0.3) is 0 Å². The van der Waals surface area contributed by atoms with Crippen LogP contribution in [0.2, 0.25) is 0 Å². The molecule has 3 N–H and O–H groups in total. The maximum absolute atomic E-state index is 12.4. The summed E-state index contributed by atoms with van der Waals surface area (Å²) in [6.07, 6.45) is -5.08. The van der Waals surface area contributed by atoms with Crippen LogP contribution in [0, 0.1) is 0 Å². The Morgan fingerprint density at radius 2 is 1.49 bits per heavy atom. The molecule has 0 atom stereocenters. The average molecular weight is 560 g/mol. The first-order valence-electron chi connectivity index (χ1n) is 10.0. The molecular formula is C22H21BrF3N3O6. The maximum atomic E-state index is 12.4. The Kier molecular flexibility index (Phi) is 9.23. The minimum Gasteiger partial charge on any atom is -0.478 e. The third kappa shape index (κ3) is 7.98. The summed E-state index contributed by atoms with van der Waals surface area (Å²) < 4.78 is 32.6. The van der Waals surface area contributed by atoms with Gasteiger partial charge in [-0.15, -0.1) is 0 Å². The SMILES string of the molecule is CC(=O)N1CCN(c2ccc(NC(=O)c3ccc(Br)cc3)cc2C(=O)O)CC1.O=C(O)C(F)(F)F. The molecule has 2 aromatic carbocycles. The zero-order valence-corrected chi connectivity index (χ0v) is 19.9. The smallest absolute Gasteiger partial charge is 0.478 e. The lowest BCUT2D eigenvalue weighted by Gasteiger charge is -2.36. The molecule has 188 valence electrons. The van der Waals surface area contributed by atoms with Gasteiger partial charge in [-0.25, -0.2) is 9.59 Å². The zero-order chi connectivity index (χ0) is 26.3. The van der Waals surface area contributed by atoms with Crippen LogP contribution in [-0.2, 0) is 9.59 Å². The van der Waals surface area contributed by atoms with E-state index >= 15 is 0 Å². The second kappa shape index (κ2) is 11.7. The molecule has 0 aliphatic carbocycles. The highest BCUT2D eigenvalue weighted by Gasteiger charge is 2.38. The van der Waals surface area contributed by atoms with E-state index < -0.39 is 18.1 Å². The van der Waals surface area contributed by atoms with Crippen LogP contribution in [0.1, 0.15) is 27.6 Å². The highest BCUT2D eigenvalue weighted by Crippen LogP contribution is 2.26. The van der Waals surface area contributed by atoms with E-state index in [0.717, 1.165) is 4.47 Å². The Balaban J connectivity index is 0.000000540. The molecule has 2 aromatic rings. The first-order chi connectivity index (χ1) is 16.3. The van der Waals surface area contributed by atoms with Gasteiger partial charge in [0.1, 0.15) is 0 Å². The van der Waals surface area contributed by atoms with E-state index in [-0.39, 0.29) is 17.4 Å². The first-order valence-corrected chi connectivity index (χ1v) is 10.8. The highest BCUT2D eigenvalue weighted by atomic mass is 79.9. The minimum atomic E-state index is -5.08. The number of carboxylic acids is 2. The number of carboxylic acid groups (broad SMARTS) is 2. The van der Waals surface area contributed by atoms with Crippen LogP contribution < -0.4 is 10.2 Å².